The van der Waals surface area contributed by atoms with E-state index in [1.54, 1.807) is 34.6 Å². The molecule has 0 atom stereocenters. The average Bonchev–Trinajstić information content (AvgIpc) is 3.16. The third kappa shape index (κ3) is 6.54. The molecule has 1 aromatic rings. The summed E-state index contributed by atoms with van der Waals surface area (Å²) in [6.07, 6.45) is -0.537. The molecule has 1 aromatic heterocycles. The third-order valence-electron chi connectivity index (χ3n) is 5.12. The quantitative estimate of drug-likeness (QED) is 0.751. The summed E-state index contributed by atoms with van der Waals surface area (Å²) in [7, 11) is 0. The van der Waals surface area contributed by atoms with Gasteiger partial charge in [0.2, 0.25) is 5.89 Å². The highest BCUT2D eigenvalue weighted by atomic mass is 16.6. The summed E-state index contributed by atoms with van der Waals surface area (Å²) < 4.78 is 16.0. The lowest BCUT2D eigenvalue weighted by Gasteiger charge is -2.38. The monoisotopic (exact) mass is 438 g/mol. The average molecular weight is 439 g/mol. The lowest BCUT2D eigenvalue weighted by molar-refractivity contribution is 0.0367. The number of alkyl carbamates (subject to hydrolysis) is 1. The maximum Gasteiger partial charge on any atom is 0.408 e. The lowest BCUT2D eigenvalue weighted by atomic mass is 10.1. The molecule has 2 aliphatic heterocycles. The number of hydrogen-bond acceptors (Lipinski definition) is 8. The molecular formula is C20H34N6O5. The number of morpholine rings is 1. The van der Waals surface area contributed by atoms with Gasteiger partial charge in [-0.05, 0) is 34.6 Å². The second kappa shape index (κ2) is 9.39. The van der Waals surface area contributed by atoms with Gasteiger partial charge in [0.15, 0.2) is 5.82 Å². The highest BCUT2D eigenvalue weighted by Gasteiger charge is 2.32. The highest BCUT2D eigenvalue weighted by molar-refractivity contribution is 5.74. The Hall–Kier alpha value is -2.40. The van der Waals surface area contributed by atoms with E-state index in [1.165, 1.54) is 0 Å². The number of aromatic nitrogens is 2. The minimum atomic E-state index is -0.840. The molecule has 31 heavy (non-hydrogen) atoms. The number of hydrogen-bond donors (Lipinski definition) is 1. The first-order valence-electron chi connectivity index (χ1n) is 10.7. The van der Waals surface area contributed by atoms with Crippen LogP contribution in [-0.2, 0) is 21.6 Å². The van der Waals surface area contributed by atoms with Crippen molar-refractivity contribution in [3.63, 3.8) is 0 Å². The van der Waals surface area contributed by atoms with E-state index in [1.807, 2.05) is 9.80 Å². The Kier molecular flexibility index (Phi) is 7.05. The molecule has 11 heteroatoms. The van der Waals surface area contributed by atoms with E-state index < -0.39 is 17.2 Å². The minimum Gasteiger partial charge on any atom is -0.444 e. The molecule has 174 valence electrons. The van der Waals surface area contributed by atoms with Crippen LogP contribution < -0.4 is 5.32 Å². The molecule has 0 aromatic carbocycles. The Morgan fingerprint density at radius 1 is 1.00 bits per heavy atom. The summed E-state index contributed by atoms with van der Waals surface area (Å²) in [6, 6.07) is 0.0815. The number of nitrogens with one attached hydrogen (secondary N) is 1. The number of carbonyl (C=O) groups is 2. The Labute approximate surface area is 183 Å². The number of ether oxygens (including phenoxy) is 2. The van der Waals surface area contributed by atoms with Crippen molar-refractivity contribution in [3.05, 3.63) is 11.7 Å². The van der Waals surface area contributed by atoms with Crippen molar-refractivity contribution in [2.75, 3.05) is 52.5 Å². The van der Waals surface area contributed by atoms with Gasteiger partial charge in [-0.25, -0.2) is 9.59 Å². The number of urea groups is 1. The number of carbonyl (C=O) groups excluding carboxylic acids is 2. The zero-order chi connectivity index (χ0) is 22.6. The minimum absolute atomic E-state index is 0.0815. The molecule has 0 unspecified atom stereocenters. The van der Waals surface area contributed by atoms with Crippen molar-refractivity contribution < 1.29 is 23.6 Å². The van der Waals surface area contributed by atoms with E-state index in [-0.39, 0.29) is 6.03 Å². The zero-order valence-electron chi connectivity index (χ0n) is 19.1. The standard InChI is InChI=1S/C20H34N6O5/c1-19(2,3)30-17(27)22-20(4,5)16-21-15(31-23-16)14-24-6-8-25(9-7-24)18(28)26-10-12-29-13-11-26/h6-14H2,1-5H3,(H,22,27). The van der Waals surface area contributed by atoms with Crippen LogP contribution in [0.1, 0.15) is 46.3 Å². The molecule has 2 saturated heterocycles. The number of nitrogens with zero attached hydrogens (tertiary/aromatic N) is 5. The largest absolute Gasteiger partial charge is 0.444 e. The van der Waals surface area contributed by atoms with Crippen molar-refractivity contribution >= 4 is 12.1 Å². The highest BCUT2D eigenvalue weighted by Crippen LogP contribution is 2.19. The predicted octanol–water partition coefficient (Wildman–Crippen LogP) is 1.40. The summed E-state index contributed by atoms with van der Waals surface area (Å²) in [4.78, 5) is 35.1. The summed E-state index contributed by atoms with van der Waals surface area (Å²) in [6.45, 7) is 14.8. The van der Waals surface area contributed by atoms with Crippen molar-refractivity contribution in [2.45, 2.75) is 52.3 Å². The summed E-state index contributed by atoms with van der Waals surface area (Å²) in [5.74, 6) is 0.858. The lowest BCUT2D eigenvalue weighted by Crippen LogP contribution is -2.54. The van der Waals surface area contributed by atoms with Gasteiger partial charge >= 0.3 is 12.1 Å². The van der Waals surface area contributed by atoms with Gasteiger partial charge in [-0.1, -0.05) is 5.16 Å². The first kappa shape index (κ1) is 23.3. The molecule has 3 amide bonds. The second-order valence-corrected chi connectivity index (χ2v) is 9.41. The molecule has 3 rings (SSSR count). The van der Waals surface area contributed by atoms with Gasteiger partial charge in [0, 0.05) is 39.3 Å². The van der Waals surface area contributed by atoms with Gasteiger partial charge in [0.05, 0.1) is 19.8 Å². The van der Waals surface area contributed by atoms with E-state index in [0.717, 1.165) is 13.1 Å². The topological polar surface area (TPSA) is 113 Å². The van der Waals surface area contributed by atoms with E-state index in [0.29, 0.717) is 57.7 Å². The molecule has 3 heterocycles. The van der Waals surface area contributed by atoms with E-state index in [2.05, 4.69) is 20.4 Å². The number of piperazine rings is 1. The van der Waals surface area contributed by atoms with E-state index >= 15 is 0 Å². The molecule has 0 bridgehead atoms. The first-order chi connectivity index (χ1) is 14.5. The molecule has 0 spiro atoms. The van der Waals surface area contributed by atoms with E-state index in [4.69, 9.17) is 14.0 Å². The van der Waals surface area contributed by atoms with Gasteiger partial charge < -0.3 is 29.1 Å². The van der Waals surface area contributed by atoms with Crippen LogP contribution in [0.5, 0.6) is 0 Å². The van der Waals surface area contributed by atoms with Crippen LogP contribution in [0.15, 0.2) is 4.52 Å². The molecule has 11 nitrogen and oxygen atoms in total. The molecular weight excluding hydrogens is 404 g/mol. The Balaban J connectivity index is 1.49. The van der Waals surface area contributed by atoms with E-state index in [9.17, 15) is 9.59 Å². The smallest absolute Gasteiger partial charge is 0.408 e. The van der Waals surface area contributed by atoms with Crippen LogP contribution in [0, 0.1) is 0 Å². The van der Waals surface area contributed by atoms with Crippen LogP contribution in [-0.4, -0.2) is 95.0 Å². The normalized spacial score (nSPS) is 18.7. The van der Waals surface area contributed by atoms with Crippen LogP contribution in [0.4, 0.5) is 9.59 Å². The van der Waals surface area contributed by atoms with Crippen LogP contribution in [0.3, 0.4) is 0 Å². The fourth-order valence-corrected chi connectivity index (χ4v) is 3.43. The van der Waals surface area contributed by atoms with Gasteiger partial charge in [-0.15, -0.1) is 0 Å². The fraction of sp³-hybridized carbons (Fsp3) is 0.800. The van der Waals surface area contributed by atoms with Gasteiger partial charge in [-0.2, -0.15) is 4.98 Å². The zero-order valence-corrected chi connectivity index (χ0v) is 19.1. The van der Waals surface area contributed by atoms with Gasteiger partial charge in [0.25, 0.3) is 0 Å². The van der Waals surface area contributed by atoms with Crippen LogP contribution in [0.2, 0.25) is 0 Å². The predicted molar refractivity (Wildman–Crippen MR) is 111 cm³/mol. The molecule has 0 radical (unpaired) electrons. The molecule has 0 aliphatic carbocycles. The summed E-state index contributed by atoms with van der Waals surface area (Å²) in [5, 5.41) is 6.82. The molecule has 0 saturated carbocycles. The van der Waals surface area contributed by atoms with Crippen LogP contribution >= 0.6 is 0 Å². The summed E-state index contributed by atoms with van der Waals surface area (Å²) in [5.41, 5.74) is -1.43. The van der Waals surface area contributed by atoms with Gasteiger partial charge in [-0.3, -0.25) is 4.90 Å². The Morgan fingerprint density at radius 2 is 1.61 bits per heavy atom. The maximum absolute atomic E-state index is 12.6. The van der Waals surface area contributed by atoms with Crippen LogP contribution in [0.25, 0.3) is 0 Å². The molecule has 2 aliphatic rings. The Morgan fingerprint density at radius 3 is 2.23 bits per heavy atom. The molecule has 1 N–H and O–H groups in total. The second-order valence-electron chi connectivity index (χ2n) is 9.41. The SMILES string of the molecule is CC(C)(C)OC(=O)NC(C)(C)c1noc(CN2CCN(C(=O)N3CCOCC3)CC2)n1. The van der Waals surface area contributed by atoms with Crippen molar-refractivity contribution in [2.24, 2.45) is 0 Å². The molecule has 2 fully saturated rings. The van der Waals surface area contributed by atoms with Gasteiger partial charge in [0.1, 0.15) is 11.1 Å². The summed E-state index contributed by atoms with van der Waals surface area (Å²) >= 11 is 0. The van der Waals surface area contributed by atoms with Crippen molar-refractivity contribution in [1.29, 1.82) is 0 Å². The number of amides is 3. The maximum atomic E-state index is 12.6. The number of rotatable bonds is 4. The van der Waals surface area contributed by atoms with Crippen molar-refractivity contribution in [3.8, 4) is 0 Å². The van der Waals surface area contributed by atoms with Crippen molar-refractivity contribution in [1.82, 2.24) is 30.2 Å². The Bertz CT molecular complexity index is 760. The first-order valence-corrected chi connectivity index (χ1v) is 10.7. The fourth-order valence-electron chi connectivity index (χ4n) is 3.43. The third-order valence-corrected chi connectivity index (χ3v) is 5.12.